The van der Waals surface area contributed by atoms with Gasteiger partial charge in [0.1, 0.15) is 0 Å². The van der Waals surface area contributed by atoms with Crippen LogP contribution >= 0.6 is 11.3 Å². The van der Waals surface area contributed by atoms with Crippen molar-refractivity contribution in [2.24, 2.45) is 5.92 Å². The summed E-state index contributed by atoms with van der Waals surface area (Å²) in [5.41, 5.74) is 7.76. The van der Waals surface area contributed by atoms with Crippen LogP contribution in [0, 0.1) is 5.92 Å². The number of benzene rings is 1. The molecule has 5 heteroatoms. The molecule has 114 valence electrons. The number of carbonyl (C=O) groups is 1. The first-order valence-corrected chi connectivity index (χ1v) is 8.50. The van der Waals surface area contributed by atoms with Gasteiger partial charge in [-0.3, -0.25) is 4.79 Å². The summed E-state index contributed by atoms with van der Waals surface area (Å²) < 4.78 is 0. The SMILES string of the molecule is Nc1ccccc1-c1ccc(C(=O)NC2CN3CC[C@H]2C3)s1. The van der Waals surface area contributed by atoms with Crippen molar-refractivity contribution in [3.05, 3.63) is 41.3 Å². The maximum absolute atomic E-state index is 12.5. The molecular formula is C17H19N3OS. The summed E-state index contributed by atoms with van der Waals surface area (Å²) in [5, 5.41) is 3.20. The van der Waals surface area contributed by atoms with E-state index in [0.717, 1.165) is 34.1 Å². The highest BCUT2D eigenvalue weighted by Gasteiger charge is 2.38. The van der Waals surface area contributed by atoms with Crippen molar-refractivity contribution in [2.75, 3.05) is 25.4 Å². The summed E-state index contributed by atoms with van der Waals surface area (Å²) in [4.78, 5) is 16.7. The van der Waals surface area contributed by atoms with E-state index in [2.05, 4.69) is 10.2 Å². The van der Waals surface area contributed by atoms with Gasteiger partial charge in [0.15, 0.2) is 0 Å². The van der Waals surface area contributed by atoms with Crippen LogP contribution < -0.4 is 11.1 Å². The predicted molar refractivity (Wildman–Crippen MR) is 90.0 cm³/mol. The Morgan fingerprint density at radius 2 is 2.09 bits per heavy atom. The Bertz CT molecular complexity index is 711. The molecule has 2 aromatic rings. The number of para-hydroxylation sites is 1. The number of nitrogens with one attached hydrogen (secondary N) is 1. The number of nitrogen functional groups attached to an aromatic ring is 1. The van der Waals surface area contributed by atoms with Crippen LogP contribution in [0.4, 0.5) is 5.69 Å². The summed E-state index contributed by atoms with van der Waals surface area (Å²) in [6.07, 6.45) is 1.21. The number of anilines is 1. The van der Waals surface area contributed by atoms with Gasteiger partial charge in [-0.15, -0.1) is 11.3 Å². The zero-order chi connectivity index (χ0) is 15.1. The zero-order valence-electron chi connectivity index (χ0n) is 12.3. The van der Waals surface area contributed by atoms with E-state index >= 15 is 0 Å². The average Bonchev–Trinajstić information content (AvgIpc) is 3.24. The molecule has 3 heterocycles. The molecule has 0 radical (unpaired) electrons. The van der Waals surface area contributed by atoms with Gasteiger partial charge in [0.2, 0.25) is 0 Å². The van der Waals surface area contributed by atoms with Crippen LogP contribution in [-0.2, 0) is 0 Å². The van der Waals surface area contributed by atoms with E-state index in [9.17, 15) is 4.79 Å². The third kappa shape index (κ3) is 2.40. The fourth-order valence-electron chi connectivity index (χ4n) is 3.51. The molecule has 22 heavy (non-hydrogen) atoms. The molecule has 3 atom stereocenters. The number of amides is 1. The Morgan fingerprint density at radius 3 is 2.82 bits per heavy atom. The summed E-state index contributed by atoms with van der Waals surface area (Å²) in [6, 6.07) is 12.0. The number of fused-ring (bicyclic) bond motifs is 2. The largest absolute Gasteiger partial charge is 0.398 e. The van der Waals surface area contributed by atoms with Crippen LogP contribution in [-0.4, -0.2) is 36.5 Å². The smallest absolute Gasteiger partial charge is 0.261 e. The van der Waals surface area contributed by atoms with Crippen LogP contribution in [0.1, 0.15) is 16.1 Å². The van der Waals surface area contributed by atoms with Gasteiger partial charge in [-0.25, -0.2) is 0 Å². The van der Waals surface area contributed by atoms with Crippen molar-refractivity contribution in [1.29, 1.82) is 0 Å². The second kappa shape index (κ2) is 5.41. The van der Waals surface area contributed by atoms with E-state index in [4.69, 9.17) is 5.73 Å². The molecule has 0 spiro atoms. The van der Waals surface area contributed by atoms with Crippen molar-refractivity contribution >= 4 is 22.9 Å². The number of piperidine rings is 1. The molecule has 2 aliphatic heterocycles. The van der Waals surface area contributed by atoms with Gasteiger partial charge in [-0.2, -0.15) is 0 Å². The lowest BCUT2D eigenvalue weighted by Crippen LogP contribution is -2.42. The topological polar surface area (TPSA) is 58.4 Å². The minimum Gasteiger partial charge on any atom is -0.398 e. The molecule has 2 fully saturated rings. The molecule has 2 saturated heterocycles. The fraction of sp³-hybridized carbons (Fsp3) is 0.353. The van der Waals surface area contributed by atoms with E-state index in [1.165, 1.54) is 24.3 Å². The Labute approximate surface area is 133 Å². The molecule has 2 unspecified atom stereocenters. The highest BCUT2D eigenvalue weighted by atomic mass is 32.1. The third-order valence-corrected chi connectivity index (χ3v) is 5.82. The Balaban J connectivity index is 1.49. The number of thiophene rings is 1. The number of hydrogen-bond acceptors (Lipinski definition) is 4. The van der Waals surface area contributed by atoms with Crippen molar-refractivity contribution < 1.29 is 4.79 Å². The van der Waals surface area contributed by atoms with Crippen molar-refractivity contribution in [3.63, 3.8) is 0 Å². The normalized spacial score (nSPS) is 26.3. The third-order valence-electron chi connectivity index (χ3n) is 4.71. The maximum Gasteiger partial charge on any atom is 0.261 e. The number of hydrogen-bond donors (Lipinski definition) is 2. The molecule has 0 saturated carbocycles. The lowest BCUT2D eigenvalue weighted by molar-refractivity contribution is 0.0928. The van der Waals surface area contributed by atoms with Crippen LogP contribution in [0.3, 0.4) is 0 Å². The van der Waals surface area contributed by atoms with Crippen molar-refractivity contribution in [2.45, 2.75) is 12.5 Å². The first-order valence-electron chi connectivity index (χ1n) is 7.68. The van der Waals surface area contributed by atoms with Gasteiger partial charge < -0.3 is 16.0 Å². The highest BCUT2D eigenvalue weighted by Crippen LogP contribution is 2.33. The lowest BCUT2D eigenvalue weighted by atomic mass is 10.00. The van der Waals surface area contributed by atoms with Crippen LogP contribution in [0.2, 0.25) is 0 Å². The first-order chi connectivity index (χ1) is 10.7. The number of nitrogens with zero attached hydrogens (tertiary/aromatic N) is 1. The van der Waals surface area contributed by atoms with E-state index in [-0.39, 0.29) is 5.91 Å². The molecule has 0 aliphatic carbocycles. The van der Waals surface area contributed by atoms with Gasteiger partial charge in [0, 0.05) is 35.3 Å². The minimum absolute atomic E-state index is 0.0458. The molecule has 1 amide bonds. The molecule has 4 rings (SSSR count). The molecule has 2 bridgehead atoms. The van der Waals surface area contributed by atoms with E-state index in [1.807, 2.05) is 36.4 Å². The van der Waals surface area contributed by atoms with Crippen LogP contribution in [0.5, 0.6) is 0 Å². The highest BCUT2D eigenvalue weighted by molar-refractivity contribution is 7.17. The number of rotatable bonds is 3. The first kappa shape index (κ1) is 13.8. The Morgan fingerprint density at radius 1 is 1.23 bits per heavy atom. The standard InChI is InChI=1S/C17H19N3OS/c18-13-4-2-1-3-12(13)15-5-6-16(22-15)17(21)19-14-10-20-8-7-11(14)9-20/h1-6,11,14H,7-10,18H2,(H,19,21)/t11-,14?/m0/s1. The number of nitrogens with two attached hydrogens (primary N) is 1. The minimum atomic E-state index is 0.0458. The van der Waals surface area contributed by atoms with E-state index < -0.39 is 0 Å². The van der Waals surface area contributed by atoms with E-state index in [0.29, 0.717) is 12.0 Å². The van der Waals surface area contributed by atoms with Gasteiger partial charge in [-0.05, 0) is 37.1 Å². The molecule has 3 N–H and O–H groups in total. The van der Waals surface area contributed by atoms with Gasteiger partial charge >= 0.3 is 0 Å². The molecule has 4 nitrogen and oxygen atoms in total. The van der Waals surface area contributed by atoms with Gasteiger partial charge in [-0.1, -0.05) is 18.2 Å². The summed E-state index contributed by atoms with van der Waals surface area (Å²) in [5.74, 6) is 0.678. The van der Waals surface area contributed by atoms with Crippen LogP contribution in [0.25, 0.3) is 10.4 Å². The Hall–Kier alpha value is -1.85. The quantitative estimate of drug-likeness (QED) is 0.856. The summed E-state index contributed by atoms with van der Waals surface area (Å²) >= 11 is 1.51. The van der Waals surface area contributed by atoms with Gasteiger partial charge in [0.05, 0.1) is 4.88 Å². The summed E-state index contributed by atoms with van der Waals surface area (Å²) in [6.45, 7) is 3.33. The van der Waals surface area contributed by atoms with Crippen LogP contribution in [0.15, 0.2) is 36.4 Å². The van der Waals surface area contributed by atoms with Crippen molar-refractivity contribution in [3.8, 4) is 10.4 Å². The second-order valence-electron chi connectivity index (χ2n) is 6.14. The molecule has 1 aromatic carbocycles. The van der Waals surface area contributed by atoms with Crippen molar-refractivity contribution in [1.82, 2.24) is 10.2 Å². The monoisotopic (exact) mass is 313 g/mol. The second-order valence-corrected chi connectivity index (χ2v) is 7.22. The fourth-order valence-corrected chi connectivity index (χ4v) is 4.47. The number of carbonyl (C=O) groups excluding carboxylic acids is 1. The average molecular weight is 313 g/mol. The molecular weight excluding hydrogens is 294 g/mol. The van der Waals surface area contributed by atoms with Gasteiger partial charge in [0.25, 0.3) is 5.91 Å². The lowest BCUT2D eigenvalue weighted by Gasteiger charge is -2.22. The molecule has 2 aliphatic rings. The van der Waals surface area contributed by atoms with E-state index in [1.54, 1.807) is 0 Å². The summed E-state index contributed by atoms with van der Waals surface area (Å²) in [7, 11) is 0. The zero-order valence-corrected chi connectivity index (χ0v) is 13.1. The Kier molecular flexibility index (Phi) is 3.39. The maximum atomic E-state index is 12.5. The predicted octanol–water partition coefficient (Wildman–Crippen LogP) is 2.43. The molecule has 1 aromatic heterocycles.